The maximum atomic E-state index is 13.8. The summed E-state index contributed by atoms with van der Waals surface area (Å²) in [6.45, 7) is 0. The van der Waals surface area contributed by atoms with Crippen molar-refractivity contribution < 1.29 is 12.8 Å². The quantitative estimate of drug-likeness (QED) is 0.638. The first kappa shape index (κ1) is 17.0. The summed E-state index contributed by atoms with van der Waals surface area (Å²) in [6, 6.07) is 6.57. The molecule has 0 aliphatic carbocycles. The van der Waals surface area contributed by atoms with E-state index in [0.29, 0.717) is 8.95 Å². The summed E-state index contributed by atoms with van der Waals surface area (Å²) in [4.78, 5) is -0.499. The fourth-order valence-electron chi connectivity index (χ4n) is 1.52. The van der Waals surface area contributed by atoms with Crippen LogP contribution in [0.1, 0.15) is 0 Å². The van der Waals surface area contributed by atoms with E-state index in [-0.39, 0.29) is 15.7 Å². The van der Waals surface area contributed by atoms with Crippen LogP contribution in [0.2, 0.25) is 10.0 Å². The normalized spacial score (nSPS) is 11.5. The predicted octanol–water partition coefficient (Wildman–Crippen LogP) is 5.46. The van der Waals surface area contributed by atoms with E-state index in [4.69, 9.17) is 23.2 Å². The van der Waals surface area contributed by atoms with Crippen LogP contribution >= 0.6 is 55.1 Å². The van der Waals surface area contributed by atoms with Crippen LogP contribution in [0.3, 0.4) is 0 Å². The minimum atomic E-state index is -4.15. The van der Waals surface area contributed by atoms with E-state index in [2.05, 4.69) is 36.6 Å². The Balaban J connectivity index is 2.47. The average molecular weight is 478 g/mol. The largest absolute Gasteiger partial charge is 0.277 e. The minimum Gasteiger partial charge on any atom is -0.277 e. The molecule has 0 amide bonds. The molecule has 0 spiro atoms. The third-order valence-electron chi connectivity index (χ3n) is 2.43. The van der Waals surface area contributed by atoms with Gasteiger partial charge in [0.05, 0.1) is 15.7 Å². The zero-order valence-corrected chi connectivity index (χ0v) is 15.5. The Hall–Kier alpha value is -0.340. The molecule has 2 rings (SSSR count). The molecular weight excluding hydrogens is 472 g/mol. The number of benzene rings is 2. The highest BCUT2D eigenvalue weighted by molar-refractivity contribution is 9.10. The highest BCUT2D eigenvalue weighted by Crippen LogP contribution is 2.35. The highest BCUT2D eigenvalue weighted by Gasteiger charge is 2.22. The lowest BCUT2D eigenvalue weighted by molar-refractivity contribution is 0.570. The molecule has 9 heteroatoms. The van der Waals surface area contributed by atoms with Gasteiger partial charge < -0.3 is 0 Å². The van der Waals surface area contributed by atoms with Gasteiger partial charge in [-0.2, -0.15) is 0 Å². The van der Waals surface area contributed by atoms with Crippen LogP contribution in [-0.4, -0.2) is 8.42 Å². The molecule has 0 saturated heterocycles. The summed E-state index contributed by atoms with van der Waals surface area (Å²) in [5.41, 5.74) is -0.0103. The van der Waals surface area contributed by atoms with Crippen LogP contribution in [-0.2, 0) is 10.0 Å². The van der Waals surface area contributed by atoms with Crippen molar-refractivity contribution in [2.75, 3.05) is 4.72 Å². The van der Waals surface area contributed by atoms with Crippen molar-refractivity contribution in [3.63, 3.8) is 0 Å². The Morgan fingerprint density at radius 1 is 1.00 bits per heavy atom. The molecule has 2 aromatic carbocycles. The molecule has 0 aliphatic heterocycles. The Labute approximate surface area is 147 Å². The van der Waals surface area contributed by atoms with E-state index in [0.717, 1.165) is 12.1 Å². The van der Waals surface area contributed by atoms with E-state index in [1.807, 2.05) is 0 Å². The Bertz CT molecular complexity index is 792. The fraction of sp³-hybridized carbons (Fsp3) is 0. The van der Waals surface area contributed by atoms with Crippen LogP contribution in [0.15, 0.2) is 44.2 Å². The Kier molecular flexibility index (Phi) is 5.20. The van der Waals surface area contributed by atoms with Crippen molar-refractivity contribution in [2.24, 2.45) is 0 Å². The van der Waals surface area contributed by atoms with Crippen LogP contribution in [0.25, 0.3) is 0 Å². The number of hydrogen-bond acceptors (Lipinski definition) is 2. The molecule has 21 heavy (non-hydrogen) atoms. The summed E-state index contributed by atoms with van der Waals surface area (Å²) in [5, 5.41) is 0.186. The van der Waals surface area contributed by atoms with Crippen LogP contribution in [0, 0.1) is 5.82 Å². The van der Waals surface area contributed by atoms with Crippen LogP contribution < -0.4 is 4.72 Å². The Morgan fingerprint density at radius 2 is 1.57 bits per heavy atom. The second kappa shape index (κ2) is 6.42. The lowest BCUT2D eigenvalue weighted by atomic mass is 10.3. The second-order valence-corrected chi connectivity index (χ2v) is 8.22. The molecular formula is C12H6Br2Cl2FNO2S. The van der Waals surface area contributed by atoms with Crippen molar-refractivity contribution in [1.82, 2.24) is 0 Å². The SMILES string of the molecule is O=S(=O)(Nc1c(Cl)cc(Br)cc1Cl)c1ccc(Br)cc1F. The third-order valence-corrected chi connectivity index (χ3v) is 5.36. The molecule has 0 saturated carbocycles. The van der Waals surface area contributed by atoms with E-state index in [1.165, 1.54) is 18.2 Å². The van der Waals surface area contributed by atoms with Crippen molar-refractivity contribution in [3.05, 3.63) is 55.1 Å². The summed E-state index contributed by atoms with van der Waals surface area (Å²) >= 11 is 18.1. The van der Waals surface area contributed by atoms with Gasteiger partial charge in [0, 0.05) is 8.95 Å². The molecule has 0 bridgehead atoms. The molecule has 0 aliphatic rings. The summed E-state index contributed by atoms with van der Waals surface area (Å²) < 4.78 is 41.5. The molecule has 0 radical (unpaired) electrons. The van der Waals surface area contributed by atoms with Crippen LogP contribution in [0.4, 0.5) is 10.1 Å². The summed E-state index contributed by atoms with van der Waals surface area (Å²) in [7, 11) is -4.15. The van der Waals surface area contributed by atoms with Gasteiger partial charge in [-0.25, -0.2) is 12.8 Å². The number of nitrogens with one attached hydrogen (secondary N) is 1. The summed E-state index contributed by atoms with van der Waals surface area (Å²) in [5.74, 6) is -0.888. The first-order valence-electron chi connectivity index (χ1n) is 5.33. The molecule has 0 fully saturated rings. The molecule has 3 nitrogen and oxygen atoms in total. The average Bonchev–Trinajstić information content (AvgIpc) is 2.33. The Morgan fingerprint density at radius 3 is 2.10 bits per heavy atom. The van der Waals surface area contributed by atoms with Gasteiger partial charge in [0.2, 0.25) is 0 Å². The standard InChI is InChI=1S/C12H6Br2Cl2FNO2S/c13-6-1-2-11(10(17)5-6)21(19,20)18-12-8(15)3-7(14)4-9(12)16/h1-5,18H. The maximum Gasteiger partial charge on any atom is 0.264 e. The van der Waals surface area contributed by atoms with Gasteiger partial charge in [0.25, 0.3) is 10.0 Å². The molecule has 0 heterocycles. The topological polar surface area (TPSA) is 46.2 Å². The van der Waals surface area contributed by atoms with E-state index >= 15 is 0 Å². The molecule has 112 valence electrons. The molecule has 0 atom stereocenters. The van der Waals surface area contributed by atoms with Gasteiger partial charge in [0.15, 0.2) is 0 Å². The number of hydrogen-bond donors (Lipinski definition) is 1. The number of rotatable bonds is 3. The van der Waals surface area contributed by atoms with Crippen molar-refractivity contribution in [3.8, 4) is 0 Å². The zero-order valence-electron chi connectivity index (χ0n) is 10.0. The zero-order chi connectivity index (χ0) is 15.8. The fourth-order valence-corrected chi connectivity index (χ4v) is 4.43. The second-order valence-electron chi connectivity index (χ2n) is 3.92. The van der Waals surface area contributed by atoms with Crippen molar-refractivity contribution >= 4 is 70.8 Å². The van der Waals surface area contributed by atoms with Crippen LogP contribution in [0.5, 0.6) is 0 Å². The molecule has 1 N–H and O–H groups in total. The summed E-state index contributed by atoms with van der Waals surface area (Å²) in [6.07, 6.45) is 0. The van der Waals surface area contributed by atoms with Gasteiger partial charge in [-0.1, -0.05) is 55.1 Å². The number of anilines is 1. The molecule has 0 unspecified atom stereocenters. The number of sulfonamides is 1. The lowest BCUT2D eigenvalue weighted by Gasteiger charge is -2.12. The van der Waals surface area contributed by atoms with Gasteiger partial charge in [-0.3, -0.25) is 4.72 Å². The molecule has 0 aromatic heterocycles. The number of halogens is 5. The van der Waals surface area contributed by atoms with Gasteiger partial charge >= 0.3 is 0 Å². The van der Waals surface area contributed by atoms with E-state index < -0.39 is 20.7 Å². The first-order chi connectivity index (χ1) is 9.70. The van der Waals surface area contributed by atoms with Gasteiger partial charge in [-0.05, 0) is 30.3 Å². The van der Waals surface area contributed by atoms with E-state index in [1.54, 1.807) is 0 Å². The molecule has 2 aromatic rings. The lowest BCUT2D eigenvalue weighted by Crippen LogP contribution is -2.15. The van der Waals surface area contributed by atoms with Gasteiger partial charge in [-0.15, -0.1) is 0 Å². The maximum absolute atomic E-state index is 13.8. The monoisotopic (exact) mass is 475 g/mol. The predicted molar refractivity (Wildman–Crippen MR) is 89.1 cm³/mol. The smallest absolute Gasteiger partial charge is 0.264 e. The van der Waals surface area contributed by atoms with E-state index in [9.17, 15) is 12.8 Å². The van der Waals surface area contributed by atoms with Crippen molar-refractivity contribution in [1.29, 1.82) is 0 Å². The first-order valence-corrected chi connectivity index (χ1v) is 9.15. The minimum absolute atomic E-state index is 0.0103. The third kappa shape index (κ3) is 3.90. The highest BCUT2D eigenvalue weighted by atomic mass is 79.9. The van der Waals surface area contributed by atoms with Gasteiger partial charge in [0.1, 0.15) is 10.7 Å². The van der Waals surface area contributed by atoms with Crippen molar-refractivity contribution in [2.45, 2.75) is 4.90 Å².